The largest absolute Gasteiger partial charge is 2.00 e. The van der Waals surface area contributed by atoms with Gasteiger partial charge in [0.15, 0.2) is 0 Å². The molecule has 10 nitrogen and oxygen atoms in total. The fourth-order valence-electron chi connectivity index (χ4n) is 0. The number of carboxylic acid groups (broad SMARTS) is 1. The summed E-state index contributed by atoms with van der Waals surface area (Å²) >= 11 is 0. The van der Waals surface area contributed by atoms with Crippen LogP contribution in [0.4, 0.5) is 0 Å². The molecule has 0 amide bonds. The summed E-state index contributed by atoms with van der Waals surface area (Å²) in [6.45, 7) is 1.08. The van der Waals surface area contributed by atoms with E-state index in [1.54, 1.807) is 0 Å². The number of carbonyl (C=O) groups is 1. The standard InChI is InChI=1S/C2H4O2.Cu.2H2O4S.Zn/c1-2(3)4;;2*1-5(2,3)4;/h1H3,(H,3,4);;2*(H2,1,2,3,4);/q;+2;;;+2/p-4. The summed E-state index contributed by atoms with van der Waals surface area (Å²) in [7, 11) is -10.3. The van der Waals surface area contributed by atoms with Crippen LogP contribution < -0.4 is 0 Å². The molecule has 0 aliphatic rings. The summed E-state index contributed by atoms with van der Waals surface area (Å²) in [5.74, 6) is -0.833. The van der Waals surface area contributed by atoms with Gasteiger partial charge in [-0.15, -0.1) is 0 Å². The molecule has 0 saturated heterocycles. The second kappa shape index (κ2) is 13.4. The minimum atomic E-state index is -5.17. The van der Waals surface area contributed by atoms with Crippen LogP contribution in [0.25, 0.3) is 0 Å². The van der Waals surface area contributed by atoms with Crippen molar-refractivity contribution in [3.8, 4) is 0 Å². The molecule has 0 aliphatic heterocycles. The Hall–Kier alpha value is 0.353. The van der Waals surface area contributed by atoms with Crippen LogP contribution in [0.3, 0.4) is 0 Å². The molecule has 0 aliphatic carbocycles. The first kappa shape index (κ1) is 29.9. The molecule has 16 heavy (non-hydrogen) atoms. The summed E-state index contributed by atoms with van der Waals surface area (Å²) in [5, 5.41) is 7.42. The van der Waals surface area contributed by atoms with Gasteiger partial charge in [-0.3, -0.25) is 21.6 Å². The van der Waals surface area contributed by atoms with E-state index in [9.17, 15) is 0 Å². The minimum absolute atomic E-state index is 0. The number of rotatable bonds is 0. The van der Waals surface area contributed by atoms with Gasteiger partial charge in [-0.05, 0) is 0 Å². The predicted octanol–water partition coefficient (Wildman–Crippen LogP) is -2.59. The Kier molecular flexibility index (Phi) is 25.1. The molecule has 0 aromatic heterocycles. The molecular weight excluding hydrogens is 377 g/mol. The predicted molar refractivity (Wildman–Crippen MR) is 34.3 cm³/mol. The first-order valence-corrected chi connectivity index (χ1v) is 4.93. The Morgan fingerprint density at radius 2 is 0.938 bits per heavy atom. The molecule has 0 rings (SSSR count). The zero-order valence-corrected chi connectivity index (χ0v) is 13.0. The van der Waals surface area contributed by atoms with Crippen molar-refractivity contribution in [2.75, 3.05) is 0 Å². The summed E-state index contributed by atoms with van der Waals surface area (Å²) < 4.78 is 68.2. The molecule has 0 heterocycles. The third-order valence-corrected chi connectivity index (χ3v) is 0. The second-order valence-electron chi connectivity index (χ2n) is 1.34. The molecule has 0 fully saturated rings. The Bertz CT molecular complexity index is 293. The van der Waals surface area contributed by atoms with Gasteiger partial charge in [0.1, 0.15) is 0 Å². The van der Waals surface area contributed by atoms with Gasteiger partial charge in [0.05, 0.1) is 0 Å². The molecule has 0 saturated carbocycles. The third kappa shape index (κ3) is 20600. The van der Waals surface area contributed by atoms with Gasteiger partial charge in [-0.2, -0.15) is 0 Å². The van der Waals surface area contributed by atoms with Gasteiger partial charge in [-0.1, -0.05) is 0 Å². The van der Waals surface area contributed by atoms with E-state index in [0.29, 0.717) is 0 Å². The molecule has 1 N–H and O–H groups in total. The van der Waals surface area contributed by atoms with Gasteiger partial charge < -0.3 is 23.3 Å². The van der Waals surface area contributed by atoms with Crippen molar-refractivity contribution >= 4 is 26.8 Å². The van der Waals surface area contributed by atoms with Crippen LogP contribution in [0, 0.1) is 0 Å². The monoisotopic (exact) mass is 379 g/mol. The average molecular weight is 381 g/mol. The van der Waals surface area contributed by atoms with Crippen LogP contribution in [0.1, 0.15) is 6.92 Å². The van der Waals surface area contributed by atoms with Crippen LogP contribution >= 0.6 is 0 Å². The quantitative estimate of drug-likeness (QED) is 0.264. The van der Waals surface area contributed by atoms with Crippen molar-refractivity contribution < 1.29 is 81.5 Å². The molecule has 0 spiro atoms. The molecular formula is C2H4CuO10S2Zn. The van der Waals surface area contributed by atoms with Gasteiger partial charge in [0, 0.05) is 27.7 Å². The maximum absolute atomic E-state index is 9.00. The maximum Gasteiger partial charge on any atom is 2.00 e. The van der Waals surface area contributed by atoms with E-state index >= 15 is 0 Å². The fraction of sp³-hybridized carbons (Fsp3) is 0.500. The second-order valence-corrected chi connectivity index (χ2v) is 2.97. The Morgan fingerprint density at radius 3 is 0.938 bits per heavy atom. The Labute approximate surface area is 115 Å². The molecule has 0 unspecified atom stereocenters. The number of hydrogen-bond donors (Lipinski definition) is 1. The van der Waals surface area contributed by atoms with Gasteiger partial charge in [0.25, 0.3) is 5.97 Å². The van der Waals surface area contributed by atoms with Crippen LogP contribution in [0.2, 0.25) is 0 Å². The van der Waals surface area contributed by atoms with E-state index in [1.165, 1.54) is 0 Å². The summed E-state index contributed by atoms with van der Waals surface area (Å²) in [4.78, 5) is 9.00. The van der Waals surface area contributed by atoms with E-state index in [0.717, 1.165) is 6.92 Å². The molecule has 97 valence electrons. The van der Waals surface area contributed by atoms with Crippen molar-refractivity contribution in [3.05, 3.63) is 0 Å². The summed E-state index contributed by atoms with van der Waals surface area (Å²) in [6, 6.07) is 0. The Morgan fingerprint density at radius 1 is 0.938 bits per heavy atom. The van der Waals surface area contributed by atoms with E-state index < -0.39 is 26.8 Å². The molecule has 14 heteroatoms. The zero-order valence-electron chi connectivity index (χ0n) is 7.45. The Balaban J connectivity index is -0.0000000358. The average Bonchev–Trinajstić information content (AvgIpc) is 1.45. The molecule has 0 aromatic rings. The van der Waals surface area contributed by atoms with Gasteiger partial charge in [-0.25, -0.2) is 0 Å². The van der Waals surface area contributed by atoms with Crippen molar-refractivity contribution in [1.82, 2.24) is 0 Å². The van der Waals surface area contributed by atoms with Crippen molar-refractivity contribution in [2.45, 2.75) is 6.92 Å². The minimum Gasteiger partial charge on any atom is -0.759 e. The van der Waals surface area contributed by atoms with Gasteiger partial charge >= 0.3 is 36.5 Å². The molecule has 0 aromatic carbocycles. The van der Waals surface area contributed by atoms with Crippen LogP contribution in [0.5, 0.6) is 0 Å². The number of hydrogen-bond acceptors (Lipinski definition) is 9. The van der Waals surface area contributed by atoms with E-state index in [2.05, 4.69) is 0 Å². The van der Waals surface area contributed by atoms with Crippen molar-refractivity contribution in [2.24, 2.45) is 0 Å². The first-order valence-electron chi connectivity index (χ1n) is 2.26. The summed E-state index contributed by atoms with van der Waals surface area (Å²) in [5.41, 5.74) is 0. The van der Waals surface area contributed by atoms with Crippen molar-refractivity contribution in [3.63, 3.8) is 0 Å². The molecule has 0 atom stereocenters. The zero-order chi connectivity index (χ0) is 12.6. The molecule has 0 bridgehead atoms. The summed E-state index contributed by atoms with van der Waals surface area (Å²) in [6.07, 6.45) is 0. The number of aliphatic carboxylic acids is 1. The van der Waals surface area contributed by atoms with E-state index in [-0.39, 0.29) is 36.5 Å². The smallest absolute Gasteiger partial charge is 0.759 e. The van der Waals surface area contributed by atoms with Crippen LogP contribution in [0.15, 0.2) is 0 Å². The van der Waals surface area contributed by atoms with Gasteiger partial charge in [0.2, 0.25) is 0 Å². The van der Waals surface area contributed by atoms with E-state index in [4.69, 9.17) is 44.9 Å². The SMILES string of the molecule is CC(=O)O.O=S(=O)([O-])[O-].O=S(=O)([O-])[O-].[Cu+2].[Zn+2]. The van der Waals surface area contributed by atoms with Crippen LogP contribution in [-0.2, 0) is 62.1 Å². The van der Waals surface area contributed by atoms with E-state index in [1.807, 2.05) is 0 Å². The number of carboxylic acids is 1. The molecule has 1 radical (unpaired) electrons. The normalized spacial score (nSPS) is 8.81. The fourth-order valence-corrected chi connectivity index (χ4v) is 0. The van der Waals surface area contributed by atoms with Crippen LogP contribution in [-0.4, -0.2) is 46.1 Å². The third-order valence-electron chi connectivity index (χ3n) is 0. The maximum atomic E-state index is 9.00. The topological polar surface area (TPSA) is 198 Å². The van der Waals surface area contributed by atoms with Crippen molar-refractivity contribution in [1.29, 1.82) is 0 Å². The first-order chi connectivity index (χ1) is 5.73.